The van der Waals surface area contributed by atoms with Crippen molar-refractivity contribution in [1.82, 2.24) is 20.9 Å². The van der Waals surface area contributed by atoms with Crippen molar-refractivity contribution in [2.24, 2.45) is 0 Å². The van der Waals surface area contributed by atoms with Gasteiger partial charge in [-0.2, -0.15) is 0 Å². The Balaban J connectivity index is 2.09. The molecular formula is C18H28N4O8. The third-order valence-electron chi connectivity index (χ3n) is 5.27. The number of amides is 3. The summed E-state index contributed by atoms with van der Waals surface area (Å²) in [7, 11) is 0. The van der Waals surface area contributed by atoms with Crippen molar-refractivity contribution in [1.29, 1.82) is 0 Å². The lowest BCUT2D eigenvalue weighted by molar-refractivity contribution is -0.145. The van der Waals surface area contributed by atoms with Crippen LogP contribution < -0.4 is 16.0 Å². The van der Waals surface area contributed by atoms with Crippen molar-refractivity contribution < 1.29 is 39.3 Å². The van der Waals surface area contributed by atoms with E-state index in [1.807, 2.05) is 0 Å². The van der Waals surface area contributed by atoms with Crippen LogP contribution in [-0.4, -0.2) is 93.7 Å². The molecular weight excluding hydrogens is 400 g/mol. The second-order valence-corrected chi connectivity index (χ2v) is 7.41. The quantitative estimate of drug-likeness (QED) is 0.221. The summed E-state index contributed by atoms with van der Waals surface area (Å²) in [5, 5.41) is 34.9. The molecule has 2 rings (SSSR count). The molecule has 0 spiro atoms. The van der Waals surface area contributed by atoms with Crippen molar-refractivity contribution in [2.45, 2.75) is 62.7 Å². The molecule has 12 heteroatoms. The average Bonchev–Trinajstić information content (AvgIpc) is 3.39. The number of carboxylic acid groups (broad SMARTS) is 2. The van der Waals surface area contributed by atoms with Crippen LogP contribution in [0.3, 0.4) is 0 Å². The Morgan fingerprint density at radius 1 is 1.00 bits per heavy atom. The maximum atomic E-state index is 13.1. The van der Waals surface area contributed by atoms with Gasteiger partial charge in [-0.25, -0.2) is 4.79 Å². The Labute approximate surface area is 173 Å². The predicted molar refractivity (Wildman–Crippen MR) is 101 cm³/mol. The first-order valence-electron chi connectivity index (χ1n) is 9.94. The molecule has 0 aromatic heterocycles. The van der Waals surface area contributed by atoms with Gasteiger partial charge in [0, 0.05) is 13.0 Å². The topological polar surface area (TPSA) is 185 Å². The molecule has 2 heterocycles. The van der Waals surface area contributed by atoms with Gasteiger partial charge in [0.25, 0.3) is 0 Å². The molecule has 0 aliphatic carbocycles. The van der Waals surface area contributed by atoms with Gasteiger partial charge < -0.3 is 36.2 Å². The monoisotopic (exact) mass is 428 g/mol. The zero-order chi connectivity index (χ0) is 22.3. The van der Waals surface area contributed by atoms with Crippen molar-refractivity contribution in [3.63, 3.8) is 0 Å². The Hall–Kier alpha value is -2.73. The maximum absolute atomic E-state index is 13.1. The number of hydrogen-bond donors (Lipinski definition) is 6. The van der Waals surface area contributed by atoms with Crippen LogP contribution in [0.5, 0.6) is 0 Å². The number of likely N-dealkylation sites (tertiary alicyclic amines) is 1. The highest BCUT2D eigenvalue weighted by Crippen LogP contribution is 2.20. The first-order valence-corrected chi connectivity index (χ1v) is 9.94. The molecule has 4 unspecified atom stereocenters. The zero-order valence-electron chi connectivity index (χ0n) is 16.5. The molecule has 2 saturated heterocycles. The van der Waals surface area contributed by atoms with Crippen LogP contribution in [0.2, 0.25) is 0 Å². The molecule has 0 saturated carbocycles. The van der Waals surface area contributed by atoms with E-state index < -0.39 is 60.4 Å². The summed E-state index contributed by atoms with van der Waals surface area (Å²) >= 11 is 0. The van der Waals surface area contributed by atoms with Crippen molar-refractivity contribution >= 4 is 29.7 Å². The molecule has 0 radical (unpaired) electrons. The Morgan fingerprint density at radius 2 is 1.70 bits per heavy atom. The van der Waals surface area contributed by atoms with E-state index in [9.17, 15) is 24.0 Å². The van der Waals surface area contributed by atoms with Gasteiger partial charge >= 0.3 is 11.9 Å². The molecule has 0 aromatic carbocycles. The van der Waals surface area contributed by atoms with Crippen LogP contribution in [0.1, 0.15) is 38.5 Å². The lowest BCUT2D eigenvalue weighted by atomic mass is 10.1. The lowest BCUT2D eigenvalue weighted by Gasteiger charge is -2.29. The minimum Gasteiger partial charge on any atom is -0.481 e. The van der Waals surface area contributed by atoms with Crippen LogP contribution >= 0.6 is 0 Å². The van der Waals surface area contributed by atoms with E-state index in [1.165, 1.54) is 4.90 Å². The standard InChI is InChI=1S/C18H28N4O8/c23-9-12(18(29)30)21-16(27)13-4-2-8-22(13)17(28)11(5-6-14(24)25)20-15(26)10-3-1-7-19-10/h10-13,19,23H,1-9H2,(H,20,26)(H,21,27)(H,24,25)(H,29,30). The minimum absolute atomic E-state index is 0.133. The first kappa shape index (κ1) is 23.5. The third kappa shape index (κ3) is 6.13. The third-order valence-corrected chi connectivity index (χ3v) is 5.27. The van der Waals surface area contributed by atoms with Crippen molar-refractivity contribution in [2.75, 3.05) is 19.7 Å². The molecule has 4 atom stereocenters. The van der Waals surface area contributed by atoms with Crippen LogP contribution in [0, 0.1) is 0 Å². The second kappa shape index (κ2) is 10.9. The van der Waals surface area contributed by atoms with Crippen LogP contribution in [0.25, 0.3) is 0 Å². The van der Waals surface area contributed by atoms with E-state index in [0.717, 1.165) is 6.42 Å². The molecule has 2 aliphatic heterocycles. The Bertz CT molecular complexity index is 679. The minimum atomic E-state index is -1.49. The van der Waals surface area contributed by atoms with Gasteiger partial charge in [-0.15, -0.1) is 0 Å². The number of carboxylic acids is 2. The molecule has 3 amide bonds. The largest absolute Gasteiger partial charge is 0.481 e. The number of carbonyl (C=O) groups excluding carboxylic acids is 3. The number of hydrogen-bond acceptors (Lipinski definition) is 7. The molecule has 30 heavy (non-hydrogen) atoms. The van der Waals surface area contributed by atoms with Gasteiger partial charge in [0.1, 0.15) is 18.1 Å². The Morgan fingerprint density at radius 3 is 2.27 bits per heavy atom. The van der Waals surface area contributed by atoms with Gasteiger partial charge in [0.05, 0.1) is 12.6 Å². The molecule has 2 fully saturated rings. The first-order chi connectivity index (χ1) is 14.2. The fourth-order valence-corrected chi connectivity index (χ4v) is 3.66. The van der Waals surface area contributed by atoms with Gasteiger partial charge in [0.15, 0.2) is 0 Å². The molecule has 2 aliphatic rings. The number of nitrogens with zero attached hydrogens (tertiary/aromatic N) is 1. The summed E-state index contributed by atoms with van der Waals surface area (Å²) < 4.78 is 0. The highest BCUT2D eigenvalue weighted by Gasteiger charge is 2.39. The van der Waals surface area contributed by atoms with E-state index in [4.69, 9.17) is 15.3 Å². The molecule has 6 N–H and O–H groups in total. The number of carbonyl (C=O) groups is 5. The van der Waals surface area contributed by atoms with Gasteiger partial charge in [-0.05, 0) is 38.6 Å². The zero-order valence-corrected chi connectivity index (χ0v) is 16.5. The number of aliphatic carboxylic acids is 2. The normalized spacial score (nSPS) is 22.9. The Kier molecular flexibility index (Phi) is 8.54. The fourth-order valence-electron chi connectivity index (χ4n) is 3.66. The fraction of sp³-hybridized carbons (Fsp3) is 0.722. The summed E-state index contributed by atoms with van der Waals surface area (Å²) in [6.07, 6.45) is 1.73. The summed E-state index contributed by atoms with van der Waals surface area (Å²) in [6.45, 7) is 0.0954. The van der Waals surface area contributed by atoms with Gasteiger partial charge in [-0.1, -0.05) is 0 Å². The number of aliphatic hydroxyl groups is 1. The number of nitrogens with one attached hydrogen (secondary N) is 3. The van der Waals surface area contributed by atoms with E-state index in [-0.39, 0.29) is 19.4 Å². The van der Waals surface area contributed by atoms with Gasteiger partial charge in [-0.3, -0.25) is 19.2 Å². The molecule has 0 bridgehead atoms. The molecule has 12 nitrogen and oxygen atoms in total. The molecule has 168 valence electrons. The van der Waals surface area contributed by atoms with E-state index in [1.54, 1.807) is 0 Å². The van der Waals surface area contributed by atoms with Crippen LogP contribution in [-0.2, 0) is 24.0 Å². The second-order valence-electron chi connectivity index (χ2n) is 7.41. The SMILES string of the molecule is O=C(O)CCC(NC(=O)C1CCCN1)C(=O)N1CCCC1C(=O)NC(CO)C(=O)O. The van der Waals surface area contributed by atoms with Gasteiger partial charge in [0.2, 0.25) is 17.7 Å². The number of rotatable bonds is 10. The average molecular weight is 428 g/mol. The highest BCUT2D eigenvalue weighted by atomic mass is 16.4. The van der Waals surface area contributed by atoms with E-state index in [0.29, 0.717) is 25.8 Å². The van der Waals surface area contributed by atoms with E-state index in [2.05, 4.69) is 16.0 Å². The maximum Gasteiger partial charge on any atom is 0.328 e. The van der Waals surface area contributed by atoms with Crippen molar-refractivity contribution in [3.05, 3.63) is 0 Å². The lowest BCUT2D eigenvalue weighted by Crippen LogP contribution is -2.57. The molecule has 0 aromatic rings. The summed E-state index contributed by atoms with van der Waals surface area (Å²) in [5.41, 5.74) is 0. The predicted octanol–water partition coefficient (Wildman–Crippen LogP) is -2.36. The van der Waals surface area contributed by atoms with E-state index >= 15 is 0 Å². The summed E-state index contributed by atoms with van der Waals surface area (Å²) in [4.78, 5) is 61.2. The van der Waals surface area contributed by atoms with Crippen LogP contribution in [0.15, 0.2) is 0 Å². The van der Waals surface area contributed by atoms with Crippen LogP contribution in [0.4, 0.5) is 0 Å². The summed E-state index contributed by atoms with van der Waals surface area (Å²) in [5.74, 6) is -4.23. The smallest absolute Gasteiger partial charge is 0.328 e. The van der Waals surface area contributed by atoms with Crippen molar-refractivity contribution in [3.8, 4) is 0 Å². The summed E-state index contributed by atoms with van der Waals surface area (Å²) in [6, 6.07) is -4.02. The number of aliphatic hydroxyl groups excluding tert-OH is 1. The highest BCUT2D eigenvalue weighted by molar-refractivity contribution is 5.94.